The van der Waals surface area contributed by atoms with E-state index < -0.39 is 0 Å². The first kappa shape index (κ1) is 11.9. The molecule has 0 radical (unpaired) electrons. The van der Waals surface area contributed by atoms with E-state index in [1.807, 2.05) is 12.1 Å². The van der Waals surface area contributed by atoms with Gasteiger partial charge in [-0.25, -0.2) is 0 Å². The molecule has 3 rings (SSSR count). The highest BCUT2D eigenvalue weighted by molar-refractivity contribution is 9.09. The van der Waals surface area contributed by atoms with E-state index in [2.05, 4.69) is 21.2 Å². The second kappa shape index (κ2) is 4.19. The second-order valence-electron chi connectivity index (χ2n) is 5.06. The lowest BCUT2D eigenvalue weighted by Crippen LogP contribution is -2.31. The van der Waals surface area contributed by atoms with E-state index in [0.717, 1.165) is 36.9 Å². The molecule has 94 valence electrons. The molecular weight excluding hydrogens is 294 g/mol. The Hall–Kier alpha value is -1.16. The van der Waals surface area contributed by atoms with E-state index in [1.54, 1.807) is 6.07 Å². The van der Waals surface area contributed by atoms with Crippen LogP contribution in [0.15, 0.2) is 18.2 Å². The maximum Gasteiger partial charge on any atom is 0.235 e. The number of carbonyl (C=O) groups is 2. The molecule has 0 aromatic heterocycles. The fourth-order valence-corrected chi connectivity index (χ4v) is 3.46. The maximum absolute atomic E-state index is 12.2. The third-order valence-corrected chi connectivity index (χ3v) is 4.63. The van der Waals surface area contributed by atoms with Crippen LogP contribution in [0, 0.1) is 0 Å². The van der Waals surface area contributed by atoms with Crippen molar-refractivity contribution in [1.29, 1.82) is 0 Å². The average molecular weight is 308 g/mol. The first-order chi connectivity index (χ1) is 8.67. The zero-order valence-electron chi connectivity index (χ0n) is 9.96. The van der Waals surface area contributed by atoms with Gasteiger partial charge in [-0.2, -0.15) is 0 Å². The molecule has 1 amide bonds. The van der Waals surface area contributed by atoms with Gasteiger partial charge in [0.05, 0.1) is 10.7 Å². The normalized spacial score (nSPS) is 19.9. The Morgan fingerprint density at radius 2 is 2.06 bits per heavy atom. The van der Waals surface area contributed by atoms with Crippen molar-refractivity contribution in [3.63, 3.8) is 0 Å². The first-order valence-corrected chi connectivity index (χ1v) is 7.35. The summed E-state index contributed by atoms with van der Waals surface area (Å²) >= 11 is 3.19. The van der Waals surface area contributed by atoms with Crippen molar-refractivity contribution in [1.82, 2.24) is 0 Å². The van der Waals surface area contributed by atoms with Crippen molar-refractivity contribution in [3.05, 3.63) is 29.3 Å². The predicted octanol–water partition coefficient (Wildman–Crippen LogP) is 3.03. The van der Waals surface area contributed by atoms with Gasteiger partial charge in [-0.05, 0) is 36.6 Å². The van der Waals surface area contributed by atoms with E-state index >= 15 is 0 Å². The number of halogens is 1. The van der Waals surface area contributed by atoms with Gasteiger partial charge in [0.15, 0.2) is 5.78 Å². The van der Waals surface area contributed by atoms with Gasteiger partial charge in [-0.1, -0.05) is 28.8 Å². The summed E-state index contributed by atoms with van der Waals surface area (Å²) in [6, 6.07) is 5.55. The maximum atomic E-state index is 12.2. The van der Waals surface area contributed by atoms with Gasteiger partial charge in [0.25, 0.3) is 0 Å². The van der Waals surface area contributed by atoms with Gasteiger partial charge >= 0.3 is 0 Å². The number of nitrogens with one attached hydrogen (secondary N) is 1. The standard InChI is InChI=1S/C14H14BrNO2/c15-8-12(17)9-3-4-11-10(7-9)14(13(18)16-11)5-1-2-6-14/h3-4,7H,1-2,5-6,8H2,(H,16,18). The SMILES string of the molecule is O=C(CBr)c1ccc2c(c1)C1(CCCC1)C(=O)N2. The van der Waals surface area contributed by atoms with Gasteiger partial charge in [0.2, 0.25) is 5.91 Å². The summed E-state index contributed by atoms with van der Waals surface area (Å²) < 4.78 is 0. The Kier molecular flexibility index (Phi) is 2.77. The molecule has 1 aromatic rings. The minimum atomic E-state index is -0.363. The molecule has 0 atom stereocenters. The van der Waals surface area contributed by atoms with Crippen LogP contribution in [0.1, 0.15) is 41.6 Å². The van der Waals surface area contributed by atoms with Crippen LogP contribution in [0.25, 0.3) is 0 Å². The summed E-state index contributed by atoms with van der Waals surface area (Å²) in [6.07, 6.45) is 3.97. The van der Waals surface area contributed by atoms with Crippen molar-refractivity contribution in [2.45, 2.75) is 31.1 Å². The fraction of sp³-hybridized carbons (Fsp3) is 0.429. The van der Waals surface area contributed by atoms with Gasteiger partial charge in [0.1, 0.15) is 0 Å². The second-order valence-corrected chi connectivity index (χ2v) is 5.62. The highest BCUT2D eigenvalue weighted by atomic mass is 79.9. The van der Waals surface area contributed by atoms with E-state index in [-0.39, 0.29) is 17.1 Å². The molecule has 2 aliphatic rings. The molecule has 1 heterocycles. The molecule has 0 unspecified atom stereocenters. The van der Waals surface area contributed by atoms with Crippen LogP contribution in [0.5, 0.6) is 0 Å². The molecule has 1 aliphatic carbocycles. The Morgan fingerprint density at radius 1 is 1.33 bits per heavy atom. The van der Waals surface area contributed by atoms with Crippen LogP contribution in [0.4, 0.5) is 5.69 Å². The Labute approximate surface area is 114 Å². The molecule has 1 spiro atoms. The fourth-order valence-electron chi connectivity index (χ4n) is 3.14. The van der Waals surface area contributed by atoms with Gasteiger partial charge in [-0.3, -0.25) is 9.59 Å². The van der Waals surface area contributed by atoms with Crippen LogP contribution in [-0.4, -0.2) is 17.0 Å². The smallest absolute Gasteiger partial charge is 0.235 e. The van der Waals surface area contributed by atoms with Crippen LogP contribution in [-0.2, 0) is 10.2 Å². The van der Waals surface area contributed by atoms with Crippen LogP contribution in [0.3, 0.4) is 0 Å². The van der Waals surface area contributed by atoms with Crippen LogP contribution < -0.4 is 5.32 Å². The zero-order valence-corrected chi connectivity index (χ0v) is 11.5. The van der Waals surface area contributed by atoms with Gasteiger partial charge in [-0.15, -0.1) is 0 Å². The number of anilines is 1. The number of benzene rings is 1. The summed E-state index contributed by atoms with van der Waals surface area (Å²) in [6.45, 7) is 0. The summed E-state index contributed by atoms with van der Waals surface area (Å²) in [4.78, 5) is 23.9. The molecule has 1 aromatic carbocycles. The number of hydrogen-bond acceptors (Lipinski definition) is 2. The van der Waals surface area contributed by atoms with E-state index in [0.29, 0.717) is 10.9 Å². The summed E-state index contributed by atoms with van der Waals surface area (Å²) in [5.74, 6) is 0.170. The molecule has 0 bridgehead atoms. The van der Waals surface area contributed by atoms with E-state index in [1.165, 1.54) is 0 Å². The highest BCUT2D eigenvalue weighted by Gasteiger charge is 2.48. The third kappa shape index (κ3) is 1.55. The van der Waals surface area contributed by atoms with Crippen molar-refractivity contribution >= 4 is 33.3 Å². The van der Waals surface area contributed by atoms with E-state index in [9.17, 15) is 9.59 Å². The van der Waals surface area contributed by atoms with Gasteiger partial charge in [0, 0.05) is 11.3 Å². The molecule has 4 heteroatoms. The molecule has 1 aliphatic heterocycles. The zero-order chi connectivity index (χ0) is 12.8. The summed E-state index contributed by atoms with van der Waals surface area (Å²) in [7, 11) is 0. The molecule has 3 nitrogen and oxygen atoms in total. The highest BCUT2D eigenvalue weighted by Crippen LogP contribution is 2.48. The number of Topliss-reactive ketones (excluding diaryl/α,β-unsaturated/α-hetero) is 1. The lowest BCUT2D eigenvalue weighted by molar-refractivity contribution is -0.120. The lowest BCUT2D eigenvalue weighted by atomic mass is 9.79. The number of alkyl halides is 1. The molecule has 18 heavy (non-hydrogen) atoms. The molecular formula is C14H14BrNO2. The Balaban J connectivity index is 2.10. The number of hydrogen-bond donors (Lipinski definition) is 1. The number of fused-ring (bicyclic) bond motifs is 2. The average Bonchev–Trinajstić information content (AvgIpc) is 2.97. The number of rotatable bonds is 2. The Morgan fingerprint density at radius 3 is 2.72 bits per heavy atom. The minimum absolute atomic E-state index is 0.0605. The quantitative estimate of drug-likeness (QED) is 0.674. The monoisotopic (exact) mass is 307 g/mol. The van der Waals surface area contributed by atoms with Gasteiger partial charge < -0.3 is 5.32 Å². The Bertz CT molecular complexity index is 533. The number of amides is 1. The van der Waals surface area contributed by atoms with E-state index in [4.69, 9.17) is 0 Å². The van der Waals surface area contributed by atoms with Crippen LogP contribution >= 0.6 is 15.9 Å². The van der Waals surface area contributed by atoms with Crippen molar-refractivity contribution in [2.24, 2.45) is 0 Å². The summed E-state index contributed by atoms with van der Waals surface area (Å²) in [5.41, 5.74) is 2.23. The molecule has 1 saturated carbocycles. The van der Waals surface area contributed by atoms with Crippen LogP contribution in [0.2, 0.25) is 0 Å². The topological polar surface area (TPSA) is 46.2 Å². The van der Waals surface area contributed by atoms with Crippen molar-refractivity contribution in [2.75, 3.05) is 10.6 Å². The molecule has 1 fully saturated rings. The molecule has 0 saturated heterocycles. The minimum Gasteiger partial charge on any atom is -0.325 e. The molecule has 1 N–H and O–H groups in total. The number of carbonyl (C=O) groups excluding carboxylic acids is 2. The van der Waals surface area contributed by atoms with Crippen molar-refractivity contribution < 1.29 is 9.59 Å². The third-order valence-electron chi connectivity index (χ3n) is 4.12. The first-order valence-electron chi connectivity index (χ1n) is 6.22. The largest absolute Gasteiger partial charge is 0.325 e. The number of ketones is 1. The lowest BCUT2D eigenvalue weighted by Gasteiger charge is -2.20. The predicted molar refractivity (Wildman–Crippen MR) is 73.3 cm³/mol. The summed E-state index contributed by atoms with van der Waals surface area (Å²) in [5, 5.41) is 3.27. The van der Waals surface area contributed by atoms with Crippen molar-refractivity contribution in [3.8, 4) is 0 Å².